The lowest BCUT2D eigenvalue weighted by Gasteiger charge is -2.26. The van der Waals surface area contributed by atoms with Crippen LogP contribution in [-0.4, -0.2) is 70.0 Å². The zero-order valence-electron chi connectivity index (χ0n) is 13.5. The van der Waals surface area contributed by atoms with Crippen LogP contribution in [0.2, 0.25) is 10.4 Å². The number of aromatic nitrogens is 4. The molecule has 26 heavy (non-hydrogen) atoms. The minimum atomic E-state index is -1.49. The molecule has 2 aromatic rings. The first kappa shape index (κ1) is 18.8. The minimum Gasteiger partial charge on any atom is -0.465 e. The van der Waals surface area contributed by atoms with E-state index in [1.54, 1.807) is 0 Å². The van der Waals surface area contributed by atoms with Gasteiger partial charge in [0.1, 0.15) is 17.7 Å². The number of aliphatic hydroxyl groups is 2. The molecule has 3 rings (SSSR count). The van der Waals surface area contributed by atoms with Crippen LogP contribution in [0.3, 0.4) is 0 Å². The lowest BCUT2D eigenvalue weighted by Crippen LogP contribution is -2.49. The molecule has 0 aromatic carbocycles. The quantitative estimate of drug-likeness (QED) is 0.510. The summed E-state index contributed by atoms with van der Waals surface area (Å²) in [5.74, 6) is -0.668. The third kappa shape index (κ3) is 2.98. The number of rotatable bonds is 3. The van der Waals surface area contributed by atoms with Crippen LogP contribution in [0.5, 0.6) is 0 Å². The fraction of sp³-hybridized carbons (Fsp3) is 0.500. The van der Waals surface area contributed by atoms with Crippen LogP contribution in [0.1, 0.15) is 25.8 Å². The van der Waals surface area contributed by atoms with Gasteiger partial charge in [-0.1, -0.05) is 18.5 Å². The highest BCUT2D eigenvalue weighted by molar-refractivity contribution is 6.35. The Morgan fingerprint density at radius 1 is 1.31 bits per heavy atom. The Labute approximate surface area is 157 Å². The van der Waals surface area contributed by atoms with Crippen LogP contribution in [-0.2, 0) is 4.79 Å². The van der Waals surface area contributed by atoms with E-state index in [0.717, 1.165) is 0 Å². The smallest absolute Gasteiger partial charge is 0.414 e. The summed E-state index contributed by atoms with van der Waals surface area (Å²) < 4.78 is 1.44. The fourth-order valence-electron chi connectivity index (χ4n) is 3.22. The van der Waals surface area contributed by atoms with Crippen molar-refractivity contribution in [2.45, 2.75) is 44.1 Å². The number of halogens is 2. The van der Waals surface area contributed by atoms with Gasteiger partial charge in [-0.15, -0.1) is 0 Å². The molecule has 12 heteroatoms. The molecule has 2 aromatic heterocycles. The highest BCUT2D eigenvalue weighted by atomic mass is 35.5. The van der Waals surface area contributed by atoms with Gasteiger partial charge >= 0.3 is 6.09 Å². The molecule has 2 amide bonds. The van der Waals surface area contributed by atoms with Crippen molar-refractivity contribution < 1.29 is 24.9 Å². The maximum absolute atomic E-state index is 12.0. The van der Waals surface area contributed by atoms with Gasteiger partial charge in [0.25, 0.3) is 0 Å². The first-order valence-electron chi connectivity index (χ1n) is 7.73. The summed E-state index contributed by atoms with van der Waals surface area (Å²) in [5.41, 5.74) is 0.483. The zero-order valence-corrected chi connectivity index (χ0v) is 15.0. The Kier molecular flexibility index (Phi) is 5.02. The van der Waals surface area contributed by atoms with E-state index >= 15 is 0 Å². The molecule has 1 aliphatic carbocycles. The lowest BCUT2D eigenvalue weighted by molar-refractivity contribution is -0.133. The number of amides is 2. The van der Waals surface area contributed by atoms with Crippen LogP contribution in [0.4, 0.5) is 4.79 Å². The van der Waals surface area contributed by atoms with Crippen molar-refractivity contribution in [2.75, 3.05) is 0 Å². The van der Waals surface area contributed by atoms with Gasteiger partial charge in [-0.05, 0) is 18.0 Å². The van der Waals surface area contributed by atoms with Gasteiger partial charge in [-0.25, -0.2) is 19.7 Å². The average molecular weight is 404 g/mol. The van der Waals surface area contributed by atoms with Crippen LogP contribution in [0.25, 0.3) is 11.2 Å². The summed E-state index contributed by atoms with van der Waals surface area (Å²) in [6.07, 6.45) is -3.03. The molecule has 0 spiro atoms. The van der Waals surface area contributed by atoms with E-state index in [2.05, 4.69) is 15.0 Å². The summed E-state index contributed by atoms with van der Waals surface area (Å²) >= 11 is 11.8. The van der Waals surface area contributed by atoms with E-state index in [1.807, 2.05) is 0 Å². The Bertz CT molecular complexity index is 875. The second kappa shape index (κ2) is 6.95. The summed E-state index contributed by atoms with van der Waals surface area (Å²) in [6, 6.07) is -1.89. The molecular formula is C14H15Cl2N5O5. The first-order chi connectivity index (χ1) is 12.3. The maximum Gasteiger partial charge on any atom is 0.414 e. The topological polar surface area (TPSA) is 142 Å². The van der Waals surface area contributed by atoms with Crippen molar-refractivity contribution in [3.05, 3.63) is 16.8 Å². The molecular weight excluding hydrogens is 389 g/mol. The molecule has 1 saturated carbocycles. The maximum atomic E-state index is 12.0. The fourth-order valence-corrected chi connectivity index (χ4v) is 3.64. The molecule has 0 unspecified atom stereocenters. The van der Waals surface area contributed by atoms with Crippen molar-refractivity contribution in [3.8, 4) is 0 Å². The van der Waals surface area contributed by atoms with Gasteiger partial charge in [0.05, 0.1) is 18.4 Å². The van der Waals surface area contributed by atoms with Crippen molar-refractivity contribution in [1.29, 1.82) is 0 Å². The van der Waals surface area contributed by atoms with Crippen molar-refractivity contribution in [2.24, 2.45) is 0 Å². The molecule has 1 aliphatic rings. The number of nitrogens with zero attached hydrogens (tertiary/aromatic N) is 5. The van der Waals surface area contributed by atoms with Crippen molar-refractivity contribution in [1.82, 2.24) is 24.4 Å². The predicted octanol–water partition coefficient (Wildman–Crippen LogP) is 1.08. The lowest BCUT2D eigenvalue weighted by atomic mass is 10.1. The van der Waals surface area contributed by atoms with Crippen LogP contribution < -0.4 is 0 Å². The third-order valence-corrected chi connectivity index (χ3v) is 4.87. The normalized spacial score (nSPS) is 25.6. The monoisotopic (exact) mass is 403 g/mol. The second-order valence-electron chi connectivity index (χ2n) is 5.86. The summed E-state index contributed by atoms with van der Waals surface area (Å²) in [5, 5.41) is 30.0. The molecule has 10 nitrogen and oxygen atoms in total. The highest BCUT2D eigenvalue weighted by Crippen LogP contribution is 2.36. The number of imidazole rings is 1. The standard InChI is InChI=1S/C14H15Cl2N5O5/c1-2-7(22)21(14(25)26)6-3-5(9(23)10(6)24)20-4-17-8-11(15)18-13(16)19-12(8)20/h4-6,9-10,23-24H,2-3H2,1H3,(H,25,26)/t5-,6+,9+,10-/m1/s1. The number of imide groups is 1. The highest BCUT2D eigenvalue weighted by Gasteiger charge is 2.48. The zero-order chi connectivity index (χ0) is 19.2. The van der Waals surface area contributed by atoms with Crippen molar-refractivity contribution in [3.63, 3.8) is 0 Å². The number of hydrogen-bond donors (Lipinski definition) is 3. The summed E-state index contributed by atoms with van der Waals surface area (Å²) in [7, 11) is 0. The molecule has 0 radical (unpaired) electrons. The first-order valence-corrected chi connectivity index (χ1v) is 8.48. The van der Waals surface area contributed by atoms with E-state index in [0.29, 0.717) is 4.90 Å². The number of aliphatic hydroxyl groups excluding tert-OH is 2. The number of carbonyl (C=O) groups is 2. The van der Waals surface area contributed by atoms with Gasteiger partial charge in [0.2, 0.25) is 11.2 Å². The van der Waals surface area contributed by atoms with Crippen LogP contribution in [0.15, 0.2) is 6.33 Å². The Morgan fingerprint density at radius 3 is 2.62 bits per heavy atom. The SMILES string of the molecule is CCC(=O)N(C(=O)O)[C@H]1C[C@@H](n2cnc3c(Cl)nc(Cl)nc32)[C@H](O)[C@@H]1O. The molecule has 3 N–H and O–H groups in total. The summed E-state index contributed by atoms with van der Waals surface area (Å²) in [4.78, 5) is 35.9. The molecule has 2 heterocycles. The molecule has 0 saturated heterocycles. The van der Waals surface area contributed by atoms with E-state index in [1.165, 1.54) is 17.8 Å². The Balaban J connectivity index is 2.00. The van der Waals surface area contributed by atoms with E-state index in [4.69, 9.17) is 23.2 Å². The van der Waals surface area contributed by atoms with Gasteiger partial charge in [-0.2, -0.15) is 4.98 Å². The molecule has 0 aliphatic heterocycles. The van der Waals surface area contributed by atoms with E-state index in [-0.39, 0.29) is 34.4 Å². The third-order valence-electron chi connectivity index (χ3n) is 4.44. The van der Waals surface area contributed by atoms with Crippen LogP contribution in [0, 0.1) is 0 Å². The molecule has 0 bridgehead atoms. The number of carboxylic acid groups (broad SMARTS) is 1. The van der Waals surface area contributed by atoms with Gasteiger partial charge in [0.15, 0.2) is 10.8 Å². The number of hydrogen-bond acceptors (Lipinski definition) is 7. The largest absolute Gasteiger partial charge is 0.465 e. The average Bonchev–Trinajstić information content (AvgIpc) is 3.11. The van der Waals surface area contributed by atoms with Crippen molar-refractivity contribution >= 4 is 46.4 Å². The van der Waals surface area contributed by atoms with E-state index in [9.17, 15) is 24.9 Å². The Hall–Kier alpha value is -2.01. The molecule has 140 valence electrons. The van der Waals surface area contributed by atoms with Gasteiger partial charge in [-0.3, -0.25) is 4.79 Å². The van der Waals surface area contributed by atoms with Crippen LogP contribution >= 0.6 is 23.2 Å². The minimum absolute atomic E-state index is 0.0227. The second-order valence-corrected chi connectivity index (χ2v) is 6.56. The Morgan fingerprint density at radius 2 is 2.00 bits per heavy atom. The molecule has 1 fully saturated rings. The summed E-state index contributed by atoms with van der Waals surface area (Å²) in [6.45, 7) is 1.51. The number of fused-ring (bicyclic) bond motifs is 1. The molecule has 4 atom stereocenters. The van der Waals surface area contributed by atoms with Gasteiger partial charge < -0.3 is 19.9 Å². The number of carbonyl (C=O) groups excluding carboxylic acids is 1. The van der Waals surface area contributed by atoms with E-state index < -0.39 is 36.3 Å². The van der Waals surface area contributed by atoms with Gasteiger partial charge in [0, 0.05) is 6.42 Å². The predicted molar refractivity (Wildman–Crippen MR) is 90.0 cm³/mol.